The lowest BCUT2D eigenvalue weighted by atomic mass is 10.0. The molecule has 6 nitrogen and oxygen atoms in total. The lowest BCUT2D eigenvalue weighted by Gasteiger charge is -2.05. The van der Waals surface area contributed by atoms with Gasteiger partial charge in [-0.2, -0.15) is 4.98 Å². The molecule has 21 heavy (non-hydrogen) atoms. The molecule has 0 spiro atoms. The Morgan fingerprint density at radius 1 is 1.43 bits per heavy atom. The molecule has 2 rings (SSSR count). The van der Waals surface area contributed by atoms with E-state index < -0.39 is 0 Å². The van der Waals surface area contributed by atoms with Gasteiger partial charge in [-0.3, -0.25) is 4.79 Å². The first-order chi connectivity index (χ1) is 10.1. The Morgan fingerprint density at radius 2 is 2.24 bits per heavy atom. The normalized spacial score (nSPS) is 9.86. The van der Waals surface area contributed by atoms with Gasteiger partial charge in [-0.25, -0.2) is 0 Å². The van der Waals surface area contributed by atoms with Crippen molar-refractivity contribution in [2.45, 2.75) is 20.4 Å². The molecule has 0 radical (unpaired) electrons. The molecule has 0 saturated heterocycles. The zero-order valence-corrected chi connectivity index (χ0v) is 11.9. The van der Waals surface area contributed by atoms with Crippen LogP contribution in [-0.2, 0) is 6.54 Å². The number of nitrogens with two attached hydrogens (primary N) is 1. The minimum Gasteiger partial charge on any atom is -0.345 e. The molecule has 6 heteroatoms. The summed E-state index contributed by atoms with van der Waals surface area (Å²) in [5, 5.41) is 6.45. The zero-order chi connectivity index (χ0) is 15.2. The lowest BCUT2D eigenvalue weighted by molar-refractivity contribution is 0.0949. The van der Waals surface area contributed by atoms with Gasteiger partial charge in [0.25, 0.3) is 5.91 Å². The first-order valence-corrected chi connectivity index (χ1v) is 6.47. The summed E-state index contributed by atoms with van der Waals surface area (Å²) in [6.45, 7) is 4.13. The second-order valence-corrected chi connectivity index (χ2v) is 4.45. The maximum atomic E-state index is 12.1. The molecule has 2 aromatic rings. The number of aryl methyl sites for hydroxylation is 2. The summed E-state index contributed by atoms with van der Waals surface area (Å²) in [5.74, 6) is 6.43. The summed E-state index contributed by atoms with van der Waals surface area (Å²) < 4.78 is 4.84. The average molecular weight is 284 g/mol. The largest absolute Gasteiger partial charge is 0.345 e. The van der Waals surface area contributed by atoms with Gasteiger partial charge in [-0.05, 0) is 24.6 Å². The number of carbonyl (C=O) groups excluding carboxylic acids is 1. The molecule has 1 heterocycles. The van der Waals surface area contributed by atoms with Gasteiger partial charge in [-0.15, -0.1) is 0 Å². The summed E-state index contributed by atoms with van der Waals surface area (Å²) >= 11 is 0. The molecule has 1 amide bonds. The highest BCUT2D eigenvalue weighted by molar-refractivity contribution is 5.94. The predicted octanol–water partition coefficient (Wildman–Crippen LogP) is 0.927. The Labute approximate surface area is 122 Å². The molecule has 1 aromatic carbocycles. The standard InChI is InChI=1S/C15H16N4O2/c1-10-5-6-13(8-12(10)4-3-7-16)15(20)17-9-14-18-11(2)21-19-14/h5-6,8H,7,9,16H2,1-2H3,(H,17,20). The maximum absolute atomic E-state index is 12.1. The second kappa shape index (κ2) is 6.68. The fraction of sp³-hybridized carbons (Fsp3) is 0.267. The van der Waals surface area contributed by atoms with E-state index in [0.29, 0.717) is 17.3 Å². The molecule has 0 fully saturated rings. The Morgan fingerprint density at radius 3 is 2.90 bits per heavy atom. The summed E-state index contributed by atoms with van der Waals surface area (Å²) in [7, 11) is 0. The maximum Gasteiger partial charge on any atom is 0.251 e. The molecule has 0 saturated carbocycles. The topological polar surface area (TPSA) is 94.0 Å². The molecule has 3 N–H and O–H groups in total. The third kappa shape index (κ3) is 3.91. The number of nitrogens with one attached hydrogen (secondary N) is 1. The van der Waals surface area contributed by atoms with E-state index in [4.69, 9.17) is 10.3 Å². The first-order valence-electron chi connectivity index (χ1n) is 6.47. The van der Waals surface area contributed by atoms with E-state index in [1.165, 1.54) is 0 Å². The first kappa shape index (κ1) is 14.8. The van der Waals surface area contributed by atoms with Crippen molar-refractivity contribution in [1.29, 1.82) is 0 Å². The van der Waals surface area contributed by atoms with Crippen LogP contribution in [0.2, 0.25) is 0 Å². The number of aromatic nitrogens is 2. The monoisotopic (exact) mass is 284 g/mol. The van der Waals surface area contributed by atoms with Crippen molar-refractivity contribution in [2.24, 2.45) is 5.73 Å². The summed E-state index contributed by atoms with van der Waals surface area (Å²) in [5.41, 5.74) is 7.69. The van der Waals surface area contributed by atoms with Gasteiger partial charge in [0.15, 0.2) is 5.82 Å². The molecule has 0 unspecified atom stereocenters. The van der Waals surface area contributed by atoms with Crippen molar-refractivity contribution in [3.05, 3.63) is 46.6 Å². The molecule has 0 atom stereocenters. The van der Waals surface area contributed by atoms with Crippen LogP contribution in [-0.4, -0.2) is 22.6 Å². The Hall–Kier alpha value is -2.65. The van der Waals surface area contributed by atoms with E-state index in [9.17, 15) is 4.79 Å². The molecule has 0 aliphatic carbocycles. The highest BCUT2D eigenvalue weighted by Crippen LogP contribution is 2.10. The van der Waals surface area contributed by atoms with Gasteiger partial charge in [0.05, 0.1) is 13.1 Å². The minimum atomic E-state index is -0.215. The molecule has 0 bridgehead atoms. The van der Waals surface area contributed by atoms with Gasteiger partial charge in [0, 0.05) is 18.1 Å². The number of hydrogen-bond acceptors (Lipinski definition) is 5. The van der Waals surface area contributed by atoms with Crippen LogP contribution in [0.1, 0.15) is 33.2 Å². The third-order valence-corrected chi connectivity index (χ3v) is 2.80. The molecular weight excluding hydrogens is 268 g/mol. The smallest absolute Gasteiger partial charge is 0.251 e. The molecule has 0 aliphatic heterocycles. The molecule has 108 valence electrons. The summed E-state index contributed by atoms with van der Waals surface area (Å²) in [4.78, 5) is 16.1. The van der Waals surface area contributed by atoms with Crippen LogP contribution in [0.5, 0.6) is 0 Å². The number of rotatable bonds is 3. The Balaban J connectivity index is 2.08. The third-order valence-electron chi connectivity index (χ3n) is 2.80. The van der Waals surface area contributed by atoms with E-state index >= 15 is 0 Å². The fourth-order valence-corrected chi connectivity index (χ4v) is 1.72. The number of carbonyl (C=O) groups is 1. The van der Waals surface area contributed by atoms with Crippen molar-refractivity contribution in [3.63, 3.8) is 0 Å². The van der Waals surface area contributed by atoms with Crippen LogP contribution >= 0.6 is 0 Å². The highest BCUT2D eigenvalue weighted by atomic mass is 16.5. The van der Waals surface area contributed by atoms with E-state index in [-0.39, 0.29) is 19.0 Å². The number of nitrogens with zero attached hydrogens (tertiary/aromatic N) is 2. The van der Waals surface area contributed by atoms with Crippen LogP contribution in [0.3, 0.4) is 0 Å². The van der Waals surface area contributed by atoms with Crippen LogP contribution in [0, 0.1) is 25.7 Å². The second-order valence-electron chi connectivity index (χ2n) is 4.45. The summed E-state index contributed by atoms with van der Waals surface area (Å²) in [6.07, 6.45) is 0. The number of amides is 1. The van der Waals surface area contributed by atoms with Crippen molar-refractivity contribution in [1.82, 2.24) is 15.5 Å². The summed E-state index contributed by atoms with van der Waals surface area (Å²) in [6, 6.07) is 5.35. The van der Waals surface area contributed by atoms with Gasteiger partial charge in [-0.1, -0.05) is 23.1 Å². The number of benzene rings is 1. The van der Waals surface area contributed by atoms with Crippen molar-refractivity contribution >= 4 is 5.91 Å². The van der Waals surface area contributed by atoms with Gasteiger partial charge >= 0.3 is 0 Å². The van der Waals surface area contributed by atoms with Crippen LogP contribution in [0.15, 0.2) is 22.7 Å². The van der Waals surface area contributed by atoms with Crippen LogP contribution in [0.25, 0.3) is 0 Å². The highest BCUT2D eigenvalue weighted by Gasteiger charge is 2.09. The van der Waals surface area contributed by atoms with Gasteiger partial charge in [0.2, 0.25) is 5.89 Å². The van der Waals surface area contributed by atoms with E-state index in [1.807, 2.05) is 13.0 Å². The molecular formula is C15H16N4O2. The van der Waals surface area contributed by atoms with E-state index in [0.717, 1.165) is 11.1 Å². The average Bonchev–Trinajstić information content (AvgIpc) is 2.89. The van der Waals surface area contributed by atoms with E-state index in [1.54, 1.807) is 19.1 Å². The Bertz CT molecular complexity index is 710. The Kier molecular flexibility index (Phi) is 4.69. The van der Waals surface area contributed by atoms with Crippen LogP contribution in [0.4, 0.5) is 0 Å². The van der Waals surface area contributed by atoms with Crippen molar-refractivity contribution in [3.8, 4) is 11.8 Å². The van der Waals surface area contributed by atoms with Gasteiger partial charge < -0.3 is 15.6 Å². The van der Waals surface area contributed by atoms with Gasteiger partial charge in [0.1, 0.15) is 0 Å². The minimum absolute atomic E-state index is 0.215. The number of hydrogen-bond donors (Lipinski definition) is 2. The van der Waals surface area contributed by atoms with Crippen LogP contribution < -0.4 is 11.1 Å². The SMILES string of the molecule is Cc1nc(CNC(=O)c2ccc(C)c(C#CCN)c2)no1. The molecule has 0 aliphatic rings. The van der Waals surface area contributed by atoms with Crippen molar-refractivity contribution in [2.75, 3.05) is 6.54 Å². The van der Waals surface area contributed by atoms with E-state index in [2.05, 4.69) is 27.3 Å². The quantitative estimate of drug-likeness (QED) is 0.818. The van der Waals surface area contributed by atoms with Crippen molar-refractivity contribution < 1.29 is 9.32 Å². The lowest BCUT2D eigenvalue weighted by Crippen LogP contribution is -2.23. The molecule has 1 aromatic heterocycles. The predicted molar refractivity (Wildman–Crippen MR) is 77.3 cm³/mol. The fourth-order valence-electron chi connectivity index (χ4n) is 1.72. The zero-order valence-electron chi connectivity index (χ0n) is 11.9.